The van der Waals surface area contributed by atoms with Crippen LogP contribution in [0.1, 0.15) is 16.8 Å². The summed E-state index contributed by atoms with van der Waals surface area (Å²) < 4.78 is 62.2. The number of alkyl halides is 3. The lowest BCUT2D eigenvalue weighted by molar-refractivity contribution is -0.385. The van der Waals surface area contributed by atoms with Crippen molar-refractivity contribution in [2.75, 3.05) is 13.6 Å². The van der Waals surface area contributed by atoms with E-state index in [0.29, 0.717) is 11.0 Å². The molecule has 1 aromatic carbocycles. The predicted octanol–water partition coefficient (Wildman–Crippen LogP) is 2.90. The molecule has 0 saturated carbocycles. The molecule has 0 spiro atoms. The Morgan fingerprint density at radius 2 is 1.81 bits per heavy atom. The Morgan fingerprint density at radius 1 is 1.29 bits per heavy atom. The molecule has 1 amide bonds. The van der Waals surface area contributed by atoms with E-state index >= 15 is 0 Å². The number of amides is 1. The highest BCUT2D eigenvalue weighted by Crippen LogP contribution is 2.25. The fraction of sp³-hybridized carbons (Fsp3) is 0.364. The summed E-state index contributed by atoms with van der Waals surface area (Å²) in [6.45, 7) is -0.765. The lowest BCUT2D eigenvalue weighted by Crippen LogP contribution is -2.31. The lowest BCUT2D eigenvalue weighted by atomic mass is 10.1. The average Bonchev–Trinajstić information content (AvgIpc) is 2.36. The minimum atomic E-state index is -4.52. The van der Waals surface area contributed by atoms with Crippen LogP contribution in [0.2, 0.25) is 0 Å². The smallest absolute Gasteiger partial charge is 0.341 e. The molecule has 0 radical (unpaired) electrons. The number of nitrogens with zero attached hydrogens (tertiary/aromatic N) is 2. The number of nitro groups is 1. The van der Waals surface area contributed by atoms with Crippen molar-refractivity contribution in [3.8, 4) is 0 Å². The molecule has 0 fully saturated rings. The molecule has 0 bridgehead atoms. The van der Waals surface area contributed by atoms with E-state index < -0.39 is 52.9 Å². The monoisotopic (exact) mass is 312 g/mol. The van der Waals surface area contributed by atoms with Crippen LogP contribution in [-0.2, 0) is 0 Å². The van der Waals surface area contributed by atoms with E-state index in [2.05, 4.69) is 0 Å². The van der Waals surface area contributed by atoms with Gasteiger partial charge in [-0.05, 0) is 6.07 Å². The van der Waals surface area contributed by atoms with Gasteiger partial charge in [-0.15, -0.1) is 0 Å². The molecule has 0 heterocycles. The Kier molecular flexibility index (Phi) is 4.81. The molecular formula is C11H9F5N2O3. The Morgan fingerprint density at radius 3 is 2.29 bits per heavy atom. The van der Waals surface area contributed by atoms with Gasteiger partial charge in [0.1, 0.15) is 5.56 Å². The van der Waals surface area contributed by atoms with Gasteiger partial charge in [0.05, 0.1) is 17.4 Å². The van der Waals surface area contributed by atoms with Crippen LogP contribution >= 0.6 is 0 Å². The quantitative estimate of drug-likeness (QED) is 0.488. The highest BCUT2D eigenvalue weighted by Gasteiger charge is 2.30. The van der Waals surface area contributed by atoms with E-state index in [-0.39, 0.29) is 6.07 Å². The molecule has 0 aliphatic rings. The topological polar surface area (TPSA) is 63.5 Å². The highest BCUT2D eigenvalue weighted by molar-refractivity contribution is 5.98. The molecule has 0 aliphatic heterocycles. The third-order valence-electron chi connectivity index (χ3n) is 2.54. The molecule has 21 heavy (non-hydrogen) atoms. The normalized spacial score (nSPS) is 11.3. The van der Waals surface area contributed by atoms with Crippen LogP contribution in [0.3, 0.4) is 0 Å². The van der Waals surface area contributed by atoms with E-state index in [1.807, 2.05) is 0 Å². The fourth-order valence-corrected chi connectivity index (χ4v) is 1.46. The maximum Gasteiger partial charge on any atom is 0.390 e. The Balaban J connectivity index is 3.06. The zero-order valence-electron chi connectivity index (χ0n) is 10.6. The van der Waals surface area contributed by atoms with Crippen LogP contribution in [0.15, 0.2) is 12.1 Å². The first-order chi connectivity index (χ1) is 9.53. The molecule has 0 unspecified atom stereocenters. The summed E-state index contributed by atoms with van der Waals surface area (Å²) in [5.41, 5.74) is -1.83. The van der Waals surface area contributed by atoms with Gasteiger partial charge >= 0.3 is 6.18 Å². The summed E-state index contributed by atoms with van der Waals surface area (Å²) in [4.78, 5) is 21.9. The molecule has 1 aromatic rings. The number of halogens is 5. The molecule has 0 atom stereocenters. The average molecular weight is 312 g/mol. The van der Waals surface area contributed by atoms with Gasteiger partial charge in [0.2, 0.25) is 0 Å². The first kappa shape index (κ1) is 16.8. The summed E-state index contributed by atoms with van der Waals surface area (Å²) >= 11 is 0. The maximum atomic E-state index is 13.1. The number of nitro benzene ring substituents is 1. The van der Waals surface area contributed by atoms with Crippen LogP contribution < -0.4 is 0 Å². The van der Waals surface area contributed by atoms with Crippen LogP contribution in [0, 0.1) is 21.7 Å². The maximum absolute atomic E-state index is 13.1. The summed E-state index contributed by atoms with van der Waals surface area (Å²) in [5.74, 6) is -4.24. The van der Waals surface area contributed by atoms with Crippen LogP contribution in [0.25, 0.3) is 0 Å². The van der Waals surface area contributed by atoms with Gasteiger partial charge in [-0.3, -0.25) is 14.9 Å². The van der Waals surface area contributed by atoms with Gasteiger partial charge in [0.15, 0.2) is 11.6 Å². The van der Waals surface area contributed by atoms with Gasteiger partial charge in [0, 0.05) is 13.6 Å². The largest absolute Gasteiger partial charge is 0.390 e. The first-order valence-electron chi connectivity index (χ1n) is 5.48. The minimum absolute atomic E-state index is 0.208. The molecule has 5 nitrogen and oxygen atoms in total. The van der Waals surface area contributed by atoms with E-state index in [1.54, 1.807) is 0 Å². The third kappa shape index (κ3) is 4.36. The van der Waals surface area contributed by atoms with Crippen molar-refractivity contribution in [1.29, 1.82) is 0 Å². The van der Waals surface area contributed by atoms with E-state index in [0.717, 1.165) is 7.05 Å². The van der Waals surface area contributed by atoms with Crippen molar-refractivity contribution in [1.82, 2.24) is 4.90 Å². The third-order valence-corrected chi connectivity index (χ3v) is 2.54. The Hall–Kier alpha value is -2.26. The van der Waals surface area contributed by atoms with E-state index in [4.69, 9.17) is 0 Å². The SMILES string of the molecule is CN(CCC(F)(F)F)C(=O)c1cc(F)c(F)cc1[N+](=O)[O-]. The first-order valence-corrected chi connectivity index (χ1v) is 5.48. The molecule has 0 saturated heterocycles. The second kappa shape index (κ2) is 6.02. The van der Waals surface area contributed by atoms with Crippen LogP contribution in [-0.4, -0.2) is 35.5 Å². The molecule has 0 aromatic heterocycles. The van der Waals surface area contributed by atoms with Gasteiger partial charge in [0.25, 0.3) is 11.6 Å². The number of benzene rings is 1. The fourth-order valence-electron chi connectivity index (χ4n) is 1.46. The van der Waals surface area contributed by atoms with Crippen LogP contribution in [0.4, 0.5) is 27.6 Å². The molecule has 10 heteroatoms. The summed E-state index contributed by atoms with van der Waals surface area (Å²) in [6, 6.07) is 0.500. The molecule has 116 valence electrons. The molecule has 0 N–H and O–H groups in total. The number of carbonyl (C=O) groups excluding carboxylic acids is 1. The zero-order valence-corrected chi connectivity index (χ0v) is 10.6. The van der Waals surface area contributed by atoms with Crippen molar-refractivity contribution < 1.29 is 31.7 Å². The zero-order chi connectivity index (χ0) is 16.4. The number of carbonyl (C=O) groups is 1. The Bertz CT molecular complexity index is 574. The van der Waals surface area contributed by atoms with Gasteiger partial charge in [-0.1, -0.05) is 0 Å². The van der Waals surface area contributed by atoms with E-state index in [9.17, 15) is 36.9 Å². The highest BCUT2D eigenvalue weighted by atomic mass is 19.4. The Labute approximate surface area is 115 Å². The molecule has 1 rings (SSSR count). The van der Waals surface area contributed by atoms with Crippen molar-refractivity contribution in [3.05, 3.63) is 39.4 Å². The molecule has 0 aliphatic carbocycles. The van der Waals surface area contributed by atoms with Crippen molar-refractivity contribution in [2.45, 2.75) is 12.6 Å². The summed E-state index contributed by atoms with van der Waals surface area (Å²) in [5, 5.41) is 10.7. The van der Waals surface area contributed by atoms with Gasteiger partial charge in [-0.2, -0.15) is 13.2 Å². The standard InChI is InChI=1S/C11H9F5N2O3/c1-17(3-2-11(14,15)16)10(19)6-4-7(12)8(13)5-9(6)18(20)21/h4-5H,2-3H2,1H3. The second-order valence-electron chi connectivity index (χ2n) is 4.13. The minimum Gasteiger partial charge on any atom is -0.341 e. The summed E-state index contributed by atoms with van der Waals surface area (Å²) in [7, 11) is 0.971. The number of hydrogen-bond acceptors (Lipinski definition) is 3. The van der Waals surface area contributed by atoms with Crippen molar-refractivity contribution in [3.63, 3.8) is 0 Å². The van der Waals surface area contributed by atoms with Crippen molar-refractivity contribution in [2.24, 2.45) is 0 Å². The second-order valence-corrected chi connectivity index (χ2v) is 4.13. The van der Waals surface area contributed by atoms with Crippen molar-refractivity contribution >= 4 is 11.6 Å². The molecular weight excluding hydrogens is 303 g/mol. The lowest BCUT2D eigenvalue weighted by Gasteiger charge is -2.18. The number of hydrogen-bond donors (Lipinski definition) is 0. The predicted molar refractivity (Wildman–Crippen MR) is 60.6 cm³/mol. The van der Waals surface area contributed by atoms with E-state index in [1.165, 1.54) is 0 Å². The number of rotatable bonds is 4. The summed E-state index contributed by atoms with van der Waals surface area (Å²) in [6.07, 6.45) is -5.85. The van der Waals surface area contributed by atoms with Gasteiger partial charge < -0.3 is 4.90 Å². The van der Waals surface area contributed by atoms with Crippen LogP contribution in [0.5, 0.6) is 0 Å². The van der Waals surface area contributed by atoms with Gasteiger partial charge in [-0.25, -0.2) is 8.78 Å².